The molecular weight excluding hydrogens is 274 g/mol. The molecule has 5 rings (SSSR count). The highest BCUT2D eigenvalue weighted by molar-refractivity contribution is 5.90. The Bertz CT molecular complexity index is 682. The molecule has 4 unspecified atom stereocenters. The number of allylic oxidation sites excluding steroid dienone is 4. The highest BCUT2D eigenvalue weighted by atomic mass is 16.4. The summed E-state index contributed by atoms with van der Waals surface area (Å²) in [6.07, 6.45) is 11.4. The quantitative estimate of drug-likeness (QED) is 0.805. The minimum Gasteiger partial charge on any atom is -0.478 e. The van der Waals surface area contributed by atoms with Gasteiger partial charge in [0, 0.05) is 30.6 Å². The van der Waals surface area contributed by atoms with Gasteiger partial charge in [-0.3, -0.25) is 0 Å². The average molecular weight is 293 g/mol. The molecule has 2 heterocycles. The van der Waals surface area contributed by atoms with Crippen LogP contribution in [-0.2, 0) is 0 Å². The second-order valence-corrected chi connectivity index (χ2v) is 7.11. The Morgan fingerprint density at radius 3 is 2.05 bits per heavy atom. The molecule has 1 aromatic rings. The molecule has 3 nitrogen and oxygen atoms in total. The van der Waals surface area contributed by atoms with Crippen molar-refractivity contribution in [3.05, 3.63) is 53.1 Å². The number of carbonyl (C=O) groups is 1. The fourth-order valence-electron chi connectivity index (χ4n) is 5.00. The Labute approximate surface area is 129 Å². The summed E-state index contributed by atoms with van der Waals surface area (Å²) >= 11 is 0. The van der Waals surface area contributed by atoms with Crippen LogP contribution in [-0.4, -0.2) is 24.2 Å². The predicted octanol–water partition coefficient (Wildman–Crippen LogP) is 3.54. The van der Waals surface area contributed by atoms with Crippen molar-refractivity contribution in [1.29, 1.82) is 0 Å². The van der Waals surface area contributed by atoms with Crippen LogP contribution in [0.5, 0.6) is 0 Å². The minimum atomic E-state index is -0.807. The van der Waals surface area contributed by atoms with Crippen molar-refractivity contribution in [2.24, 2.45) is 11.8 Å². The summed E-state index contributed by atoms with van der Waals surface area (Å²) in [7, 11) is 0. The van der Waals surface area contributed by atoms with Gasteiger partial charge in [0.05, 0.1) is 5.56 Å². The zero-order valence-electron chi connectivity index (χ0n) is 12.4. The van der Waals surface area contributed by atoms with Gasteiger partial charge in [0.1, 0.15) is 0 Å². The van der Waals surface area contributed by atoms with Crippen LogP contribution in [0.4, 0.5) is 5.69 Å². The van der Waals surface area contributed by atoms with Crippen molar-refractivity contribution in [3.63, 3.8) is 0 Å². The smallest absolute Gasteiger partial charge is 0.335 e. The molecule has 3 heteroatoms. The summed E-state index contributed by atoms with van der Waals surface area (Å²) in [6, 6.07) is 3.86. The molecule has 0 radical (unpaired) electrons. The molecule has 0 saturated carbocycles. The van der Waals surface area contributed by atoms with Gasteiger partial charge >= 0.3 is 5.97 Å². The maximum absolute atomic E-state index is 11.6. The molecule has 0 bridgehead atoms. The first-order chi connectivity index (χ1) is 10.7. The van der Waals surface area contributed by atoms with E-state index in [9.17, 15) is 9.90 Å². The molecule has 0 spiro atoms. The van der Waals surface area contributed by atoms with Gasteiger partial charge in [0.2, 0.25) is 0 Å². The number of anilines is 1. The molecule has 1 aromatic carbocycles. The number of benzene rings is 1. The van der Waals surface area contributed by atoms with E-state index in [-0.39, 0.29) is 0 Å². The molecule has 0 fully saturated rings. The lowest BCUT2D eigenvalue weighted by atomic mass is 9.74. The van der Waals surface area contributed by atoms with E-state index in [2.05, 4.69) is 29.2 Å². The monoisotopic (exact) mass is 293 g/mol. The number of rotatable bonds is 1. The molecular formula is C19H19NO2. The molecule has 0 amide bonds. The Morgan fingerprint density at radius 1 is 1.00 bits per heavy atom. The van der Waals surface area contributed by atoms with Gasteiger partial charge in [0.15, 0.2) is 0 Å². The highest BCUT2D eigenvalue weighted by Crippen LogP contribution is 2.53. The van der Waals surface area contributed by atoms with Gasteiger partial charge in [-0.25, -0.2) is 4.79 Å². The topological polar surface area (TPSA) is 40.5 Å². The average Bonchev–Trinajstić information content (AvgIpc) is 3.15. The summed E-state index contributed by atoms with van der Waals surface area (Å²) in [4.78, 5) is 14.1. The number of hydrogen-bond donors (Lipinski definition) is 1. The van der Waals surface area contributed by atoms with Crippen molar-refractivity contribution in [2.75, 3.05) is 18.0 Å². The van der Waals surface area contributed by atoms with E-state index < -0.39 is 5.97 Å². The third-order valence-electron chi connectivity index (χ3n) is 5.94. The third kappa shape index (κ3) is 1.54. The lowest BCUT2D eigenvalue weighted by Gasteiger charge is -2.46. The standard InChI is InChI=1S/C19H19NO2/c21-19(22)13-7-16-14-5-1-3-11(14)9-20-10-12-4-2-6-15(12)17(8-13)18(16)20/h1-2,5-8,11-12,14-15H,3-4,9-10H2,(H,21,22). The predicted molar refractivity (Wildman–Crippen MR) is 85.6 cm³/mol. The summed E-state index contributed by atoms with van der Waals surface area (Å²) in [5.74, 6) is 1.25. The van der Waals surface area contributed by atoms with E-state index in [4.69, 9.17) is 0 Å². The van der Waals surface area contributed by atoms with E-state index >= 15 is 0 Å². The molecule has 1 N–H and O–H groups in total. The summed E-state index contributed by atoms with van der Waals surface area (Å²) in [5, 5.41) is 9.52. The third-order valence-corrected chi connectivity index (χ3v) is 5.94. The van der Waals surface area contributed by atoms with Crippen molar-refractivity contribution in [1.82, 2.24) is 0 Å². The van der Waals surface area contributed by atoms with Gasteiger partial charge in [-0.05, 0) is 47.9 Å². The normalized spacial score (nSPS) is 33.5. The Morgan fingerprint density at radius 2 is 1.55 bits per heavy atom. The number of aromatic carboxylic acids is 1. The summed E-state index contributed by atoms with van der Waals surface area (Å²) in [6.45, 7) is 2.24. The van der Waals surface area contributed by atoms with E-state index in [1.54, 1.807) is 0 Å². The van der Waals surface area contributed by atoms with Crippen LogP contribution in [0.15, 0.2) is 36.4 Å². The van der Waals surface area contributed by atoms with E-state index in [1.165, 1.54) is 16.8 Å². The molecule has 2 aliphatic carbocycles. The van der Waals surface area contributed by atoms with Gasteiger partial charge in [-0.2, -0.15) is 0 Å². The van der Waals surface area contributed by atoms with Crippen molar-refractivity contribution in [3.8, 4) is 0 Å². The maximum Gasteiger partial charge on any atom is 0.335 e. The van der Waals surface area contributed by atoms with Crippen LogP contribution < -0.4 is 4.90 Å². The van der Waals surface area contributed by atoms with Gasteiger partial charge < -0.3 is 10.0 Å². The van der Waals surface area contributed by atoms with Crippen LogP contribution in [0.1, 0.15) is 46.2 Å². The zero-order valence-corrected chi connectivity index (χ0v) is 12.4. The Hall–Kier alpha value is -2.03. The lowest BCUT2D eigenvalue weighted by Crippen LogP contribution is -2.43. The van der Waals surface area contributed by atoms with Crippen LogP contribution in [0.3, 0.4) is 0 Å². The molecule has 22 heavy (non-hydrogen) atoms. The fourth-order valence-corrected chi connectivity index (χ4v) is 5.00. The second kappa shape index (κ2) is 4.25. The number of nitrogens with zero attached hydrogens (tertiary/aromatic N) is 1. The highest BCUT2D eigenvalue weighted by Gasteiger charge is 2.42. The molecule has 0 aromatic heterocycles. The van der Waals surface area contributed by atoms with E-state index in [1.807, 2.05) is 12.1 Å². The molecule has 0 saturated heterocycles. The van der Waals surface area contributed by atoms with Gasteiger partial charge in [0.25, 0.3) is 0 Å². The van der Waals surface area contributed by atoms with Crippen molar-refractivity contribution < 1.29 is 9.90 Å². The molecule has 2 aliphatic heterocycles. The number of carboxylic acids is 1. The van der Waals surface area contributed by atoms with Crippen LogP contribution >= 0.6 is 0 Å². The van der Waals surface area contributed by atoms with Crippen LogP contribution in [0.2, 0.25) is 0 Å². The fraction of sp³-hybridized carbons (Fsp3) is 0.421. The first-order valence-corrected chi connectivity index (χ1v) is 8.22. The second-order valence-electron chi connectivity index (χ2n) is 7.11. The van der Waals surface area contributed by atoms with Gasteiger partial charge in [-0.15, -0.1) is 0 Å². The van der Waals surface area contributed by atoms with Crippen LogP contribution in [0.25, 0.3) is 0 Å². The minimum absolute atomic E-state index is 0.409. The Balaban J connectivity index is 1.77. The summed E-state index contributed by atoms with van der Waals surface area (Å²) in [5.41, 5.74) is 4.29. The van der Waals surface area contributed by atoms with E-state index in [0.29, 0.717) is 29.2 Å². The van der Waals surface area contributed by atoms with Crippen molar-refractivity contribution >= 4 is 11.7 Å². The number of carboxylic acid groups (broad SMARTS) is 1. The largest absolute Gasteiger partial charge is 0.478 e. The first kappa shape index (κ1) is 12.5. The lowest BCUT2D eigenvalue weighted by molar-refractivity contribution is 0.0696. The first-order valence-electron chi connectivity index (χ1n) is 8.22. The SMILES string of the molecule is O=C(O)c1cc2c3c(c1)C1C=CCC1CN3CC1CC=CC21. The van der Waals surface area contributed by atoms with Crippen LogP contribution in [0, 0.1) is 11.8 Å². The molecule has 4 atom stereocenters. The number of hydrogen-bond acceptors (Lipinski definition) is 2. The number of fused-ring (bicyclic) bond motifs is 4. The molecule has 4 aliphatic rings. The van der Waals surface area contributed by atoms with Gasteiger partial charge in [-0.1, -0.05) is 24.3 Å². The molecule has 112 valence electrons. The summed E-state index contributed by atoms with van der Waals surface area (Å²) < 4.78 is 0. The van der Waals surface area contributed by atoms with Crippen molar-refractivity contribution in [2.45, 2.75) is 24.7 Å². The Kier molecular flexibility index (Phi) is 2.42. The van der Waals surface area contributed by atoms with E-state index in [0.717, 1.165) is 25.9 Å². The maximum atomic E-state index is 11.6. The zero-order chi connectivity index (χ0) is 14.8.